The number of aromatic nitrogens is 3. The van der Waals surface area contributed by atoms with Crippen LogP contribution in [0.4, 0.5) is 0 Å². The predicted octanol–water partition coefficient (Wildman–Crippen LogP) is -7.05. The molecule has 0 bridgehead atoms. The van der Waals surface area contributed by atoms with Gasteiger partial charge in [-0.1, -0.05) is 38.5 Å². The highest BCUT2D eigenvalue weighted by Gasteiger charge is 2.21. The zero-order valence-corrected chi connectivity index (χ0v) is 60.7. The number of amides is 2. The zero-order chi connectivity index (χ0) is 86.4. The van der Waals surface area contributed by atoms with Crippen molar-refractivity contribution in [2.75, 3.05) is 25.4 Å². The topological polar surface area (TPSA) is 976 Å². The van der Waals surface area contributed by atoms with Crippen molar-refractivity contribution in [2.45, 2.75) is 177 Å². The Hall–Kier alpha value is -10.8. The molecule has 2 amide bonds. The van der Waals surface area contributed by atoms with E-state index < -0.39 is 156 Å². The number of carboxylic acid groups (broad SMARTS) is 13. The van der Waals surface area contributed by atoms with E-state index in [1.54, 1.807) is 20.0 Å². The van der Waals surface area contributed by atoms with E-state index in [1.807, 2.05) is 30.5 Å². The van der Waals surface area contributed by atoms with Crippen molar-refractivity contribution in [3.05, 3.63) is 54.2 Å². The van der Waals surface area contributed by atoms with Gasteiger partial charge in [0.25, 0.3) is 0 Å². The normalized spacial score (nSPS) is 13.9. The van der Waals surface area contributed by atoms with Gasteiger partial charge >= 0.3 is 77.6 Å². The number of aromatic amines is 2. The Labute approximate surface area is 628 Å². The lowest BCUT2D eigenvalue weighted by atomic mass is 10.1. The molecule has 48 nitrogen and oxygen atoms in total. The summed E-state index contributed by atoms with van der Waals surface area (Å²) in [5.74, 6) is -14.7. The van der Waals surface area contributed by atoms with Crippen LogP contribution in [-0.2, 0) is 84.8 Å². The molecule has 3 aromatic rings. The molecule has 1 aliphatic rings. The number of nitrogens with two attached hydrogens (primary N) is 14. The quantitative estimate of drug-likeness (QED) is 0.0113. The van der Waals surface area contributed by atoms with Crippen molar-refractivity contribution in [1.29, 1.82) is 5.41 Å². The van der Waals surface area contributed by atoms with Crippen molar-refractivity contribution in [3.63, 3.8) is 0 Å². The Kier molecular flexibility index (Phi) is 68.1. The number of nitrogens with zero attached hydrogens (tertiary/aromatic N) is 1. The smallest absolute Gasteiger partial charge is 0.321 e. The summed E-state index contributed by atoms with van der Waals surface area (Å²) >= 11 is 3.65. The van der Waals surface area contributed by atoms with Crippen LogP contribution in [0.2, 0.25) is 0 Å². The van der Waals surface area contributed by atoms with Crippen molar-refractivity contribution in [1.82, 2.24) is 25.6 Å². The summed E-state index contributed by atoms with van der Waals surface area (Å²) in [7, 11) is 0. The number of aliphatic carboxylic acids is 13. The van der Waals surface area contributed by atoms with Gasteiger partial charge in [-0.05, 0) is 82.0 Å². The van der Waals surface area contributed by atoms with Gasteiger partial charge in [-0.2, -0.15) is 12.6 Å². The lowest BCUT2D eigenvalue weighted by molar-refractivity contribution is -0.144. The standard InChI is InChI=1S/C11H12N2O2.C6H14N4O2.C6H9N3O2.C6H14N2O2.C5H10N2O3.C5H9NO4.C5H9NO2.C5H11NO2.C4H8N2O3.C4H7NO4.C3H7NO2S/c12-9(11(14)15)5-7-6-13-10-4-2-1-3-8(7)10;7-4(5(11)12)2-1-3-10-6(8)9;7-5(6(10)11)1-4-2-8-3-9-4;7-4-2-1-3-5(8)6(9)10;2*6-3(5(9)10)1-2-4(7)8;7-5(8)4-2-1-3-6-4;1-3(2)4(6)5(7)8;2*5-2(4(8)9)1-3(6)7;4-2(1-7)3(5)6/h1-4,6,9,13H,5,12H2,(H,14,15);4H,1-3,7H2,(H,11,12)(H4,8,9,10);2-3,5H,1,7H2,(H,8,9)(H,10,11);5H,1-4,7-8H2,(H,9,10);3H,1-2,6H2,(H2,7,8)(H,9,10);3H,1-2,6H2,(H,7,8)(H,9,10);4,6H,1-3H2,(H,7,8);3-4H,6H2,1-2H3,(H,7,8);2H,1,5H2,(H2,6,7)(H,8,9);2H,1,5H2,(H,6,7)(H,8,9);2,7H,1,4H2,(H,5,6)/t9-;4-;2*5-;2*3-;2*4-;3*2-/m00000000000/s1. The molecule has 1 aromatic carbocycles. The van der Waals surface area contributed by atoms with Crippen molar-refractivity contribution in [2.24, 2.45) is 86.2 Å². The van der Waals surface area contributed by atoms with Gasteiger partial charge in [-0.25, -0.2) is 4.98 Å². The van der Waals surface area contributed by atoms with Gasteiger partial charge in [0.15, 0.2) is 5.96 Å². The minimum atomic E-state index is -1.29. The number of nitrogens with one attached hydrogen (secondary N) is 5. The second kappa shape index (κ2) is 66.6. The first-order valence-corrected chi connectivity index (χ1v) is 32.6. The second-order valence-corrected chi connectivity index (χ2v) is 22.9. The molecule has 109 heavy (non-hydrogen) atoms. The van der Waals surface area contributed by atoms with Crippen LogP contribution in [0.3, 0.4) is 0 Å². The number of carbonyl (C=O) groups excluding carboxylic acids is 2. The molecule has 1 saturated heterocycles. The van der Waals surface area contributed by atoms with Crippen LogP contribution in [0.15, 0.2) is 43.0 Å². The van der Waals surface area contributed by atoms with Crippen molar-refractivity contribution in [3.8, 4) is 0 Å². The van der Waals surface area contributed by atoms with Gasteiger partial charge in [0.2, 0.25) is 11.8 Å². The number of para-hydroxylation sites is 1. The average molecular weight is 1590 g/mol. The van der Waals surface area contributed by atoms with E-state index in [1.165, 1.54) is 6.33 Å². The third-order valence-corrected chi connectivity index (χ3v) is 13.1. The third kappa shape index (κ3) is 71.2. The third-order valence-electron chi connectivity index (χ3n) is 12.7. The number of unbranched alkanes of at least 4 members (excludes halogenated alkanes) is 1. The van der Waals surface area contributed by atoms with E-state index in [2.05, 4.69) is 43.9 Å². The second-order valence-electron chi connectivity index (χ2n) is 22.6. The SMILES string of the molecule is CC(C)[C@H](N)C(=O)O.N=C(N)NCCC[C@H](N)C(=O)O.NC(=O)CC[C@H](N)C(=O)O.NC(=O)C[C@H](N)C(=O)O.NCCCC[C@H](N)C(=O)O.N[C@@H](CC(=O)O)C(=O)O.N[C@@H](CCC(=O)O)C(=O)O.N[C@@H](CS)C(=O)O.N[C@@H](Cc1c[nH]c2ccccc12)C(=O)O.N[C@@H](Cc1c[nH]cn1)C(=O)O.O=C(O)[C@@H]1CCCN1. The summed E-state index contributed by atoms with van der Waals surface area (Å²) in [6.45, 7) is 5.50. The molecule has 0 aliphatic carbocycles. The molecule has 1 aliphatic heterocycles. The molecular weight excluding hydrogens is 1480 g/mol. The van der Waals surface area contributed by atoms with Gasteiger partial charge in [0.05, 0.1) is 24.9 Å². The minimum Gasteiger partial charge on any atom is -0.481 e. The fourth-order valence-electron chi connectivity index (χ4n) is 6.30. The predicted molar refractivity (Wildman–Crippen MR) is 391 cm³/mol. The van der Waals surface area contributed by atoms with Gasteiger partial charge in [-0.15, -0.1) is 0 Å². The summed E-state index contributed by atoms with van der Waals surface area (Å²) in [4.78, 5) is 160. The maximum Gasteiger partial charge on any atom is 0.321 e. The maximum atomic E-state index is 10.6. The fourth-order valence-corrected chi connectivity index (χ4v) is 6.46. The molecule has 4 rings (SSSR count). The van der Waals surface area contributed by atoms with Crippen LogP contribution in [0.5, 0.6) is 0 Å². The number of primary amides is 2. The molecule has 0 unspecified atom stereocenters. The van der Waals surface area contributed by atoms with Crippen LogP contribution in [0, 0.1) is 11.3 Å². The summed E-state index contributed by atoms with van der Waals surface area (Å²) in [5.41, 5.74) is 73.3. The number of carboxylic acids is 13. The molecule has 1 fully saturated rings. The first kappa shape index (κ1) is 112. The Bertz CT molecular complexity index is 3110. The highest BCUT2D eigenvalue weighted by Crippen LogP contribution is 2.19. The summed E-state index contributed by atoms with van der Waals surface area (Å²) in [6.07, 6.45) is 9.52. The first-order chi connectivity index (χ1) is 50.3. The highest BCUT2D eigenvalue weighted by molar-refractivity contribution is 7.80. The Morgan fingerprint density at radius 1 is 0.523 bits per heavy atom. The number of hydrogen-bond donors (Lipinski definition) is 33. The lowest BCUT2D eigenvalue weighted by Crippen LogP contribution is -2.34. The number of thiol groups is 1. The number of carbonyl (C=O) groups is 15. The molecule has 0 spiro atoms. The number of benzene rings is 1. The highest BCUT2D eigenvalue weighted by atomic mass is 32.1. The average Bonchev–Trinajstić information content (AvgIpc) is 1.69. The molecule has 2 aromatic heterocycles. The number of guanidine groups is 1. The Balaban J connectivity index is -0.000000211. The summed E-state index contributed by atoms with van der Waals surface area (Å²) < 4.78 is 0. The molecule has 11 atom stereocenters. The van der Waals surface area contributed by atoms with Crippen molar-refractivity contribution >= 4 is 119 Å². The monoisotopic (exact) mass is 1590 g/mol. The maximum absolute atomic E-state index is 10.6. The largest absolute Gasteiger partial charge is 0.481 e. The van der Waals surface area contributed by atoms with Gasteiger partial charge in [0, 0.05) is 61.3 Å². The molecule has 3 heterocycles. The number of hydrogen-bond acceptors (Lipinski definition) is 30. The van der Waals surface area contributed by atoms with E-state index in [0.29, 0.717) is 44.5 Å². The number of H-pyrrole nitrogens is 2. The molecular formula is C60H110N20O28S. The number of imidazole rings is 1. The van der Waals surface area contributed by atoms with E-state index in [-0.39, 0.29) is 62.2 Å². The number of rotatable bonds is 35. The van der Waals surface area contributed by atoms with Gasteiger partial charge in [0.1, 0.15) is 66.5 Å². The first-order valence-electron chi connectivity index (χ1n) is 32.0. The molecule has 624 valence electrons. The van der Waals surface area contributed by atoms with E-state index in [4.69, 9.17) is 146 Å². The number of fused-ring (bicyclic) bond motifs is 1. The van der Waals surface area contributed by atoms with Crippen LogP contribution in [-0.4, -0.2) is 269 Å². The van der Waals surface area contributed by atoms with Crippen LogP contribution in [0.1, 0.15) is 109 Å². The Morgan fingerprint density at radius 3 is 1.26 bits per heavy atom. The van der Waals surface area contributed by atoms with Crippen LogP contribution >= 0.6 is 12.6 Å². The fraction of sp³-hybridized carbons (Fsp3) is 0.550. The lowest BCUT2D eigenvalue weighted by Gasteiger charge is -2.07. The summed E-state index contributed by atoms with van der Waals surface area (Å²) in [6, 6.07) is -1.78. The van der Waals surface area contributed by atoms with Crippen LogP contribution < -0.4 is 90.9 Å². The van der Waals surface area contributed by atoms with E-state index in [9.17, 15) is 71.9 Å². The van der Waals surface area contributed by atoms with Crippen LogP contribution in [0.25, 0.3) is 10.9 Å². The van der Waals surface area contributed by atoms with E-state index >= 15 is 0 Å². The van der Waals surface area contributed by atoms with Crippen molar-refractivity contribution < 1.29 is 138 Å². The Morgan fingerprint density at radius 2 is 0.954 bits per heavy atom. The molecule has 0 saturated carbocycles. The van der Waals surface area contributed by atoms with E-state index in [0.717, 1.165) is 48.7 Å². The molecule has 49 heteroatoms. The minimum absolute atomic E-state index is 0.0208. The summed E-state index contributed by atoms with van der Waals surface area (Å²) in [5, 5.41) is 120. The van der Waals surface area contributed by atoms with Gasteiger partial charge < -0.3 is 167 Å². The molecule has 46 N–H and O–H groups in total. The molecule has 0 radical (unpaired) electrons. The zero-order valence-electron chi connectivity index (χ0n) is 59.8. The van der Waals surface area contributed by atoms with Gasteiger partial charge in [-0.3, -0.25) is 77.3 Å².